The quantitative estimate of drug-likeness (QED) is 0.359. The fourth-order valence-corrected chi connectivity index (χ4v) is 0. The maximum atomic E-state index is 0. The van der Waals surface area contributed by atoms with E-state index in [-0.39, 0.29) is 136 Å². The zero-order valence-electron chi connectivity index (χ0n) is 1.29. The molecule has 1 nitrogen and oxygen atoms in total. The molecule has 0 saturated heterocycles. The van der Waals surface area contributed by atoms with Crippen molar-refractivity contribution < 1.29 is 22.5 Å². The van der Waals surface area contributed by atoms with Crippen LogP contribution in [-0.4, -0.2) is 114 Å². The van der Waals surface area contributed by atoms with Crippen LogP contribution in [0.2, 0.25) is 0 Å². The zero-order valence-corrected chi connectivity index (χ0v) is 6.72. The molecule has 0 saturated carbocycles. The summed E-state index contributed by atoms with van der Waals surface area (Å²) in [6.07, 6.45) is 0. The van der Waals surface area contributed by atoms with Crippen molar-refractivity contribution in [3.63, 3.8) is 0 Å². The van der Waals surface area contributed by atoms with Crippen LogP contribution < -0.4 is 0 Å². The third kappa shape index (κ3) is 17.9. The van der Waals surface area contributed by atoms with Gasteiger partial charge in [0.2, 0.25) is 0 Å². The molecule has 0 aromatic rings. The fraction of sp³-hybridized carbons (Fsp3) is 0. The normalized spacial score (nSPS) is 0. The van der Waals surface area contributed by atoms with Crippen LogP contribution in [-0.2, 0) is 22.5 Å². The van der Waals surface area contributed by atoms with Gasteiger partial charge in [0.05, 0.1) is 0 Å². The molecule has 0 rings (SSSR count). The summed E-state index contributed by atoms with van der Waals surface area (Å²) in [4.78, 5) is 0. The van der Waals surface area contributed by atoms with Crippen molar-refractivity contribution in [1.29, 1.82) is 0 Å². The second kappa shape index (κ2) is 24.0. The van der Waals surface area contributed by atoms with Crippen LogP contribution in [0.3, 0.4) is 0 Å². The van der Waals surface area contributed by atoms with E-state index in [0.717, 1.165) is 0 Å². The van der Waals surface area contributed by atoms with Crippen molar-refractivity contribution in [2.45, 2.75) is 0 Å². The first-order valence-electron chi connectivity index (χ1n) is 0. The molecule has 5 heteroatoms. The Kier molecular flexibility index (Phi) is 168. The molecule has 0 spiro atoms. The minimum Gasteiger partial charge on any atom is -2.00 e. The predicted octanol–water partition coefficient (Wildman–Crippen LogP) is -2.33. The van der Waals surface area contributed by atoms with Crippen LogP contribution in [0.5, 0.6) is 0 Å². The molecule has 0 amide bonds. The van der Waals surface area contributed by atoms with Gasteiger partial charge < -0.3 is 5.48 Å². The fourth-order valence-electron chi connectivity index (χ4n) is 0. The molecule has 5 heavy (non-hydrogen) atoms. The summed E-state index contributed by atoms with van der Waals surface area (Å²) in [5, 5.41) is 0. The standard InChI is InChI=1S/Ba.Ca.Cu.O.Tl.4H/q;;+2;-2;;;;;. The molecule has 0 aliphatic rings. The van der Waals surface area contributed by atoms with Crippen molar-refractivity contribution in [3.05, 3.63) is 0 Å². The van der Waals surface area contributed by atoms with Crippen LogP contribution >= 0.6 is 0 Å². The van der Waals surface area contributed by atoms with E-state index >= 15 is 0 Å². The first-order chi connectivity index (χ1) is 0. The van der Waals surface area contributed by atoms with Gasteiger partial charge in [0.1, 0.15) is 0 Å². The average molecular weight is 465 g/mol. The first kappa shape index (κ1) is 34.9. The van der Waals surface area contributed by atoms with E-state index in [1.807, 2.05) is 0 Å². The predicted molar refractivity (Wildman–Crippen MR) is 23.5 cm³/mol. The van der Waals surface area contributed by atoms with E-state index in [9.17, 15) is 0 Å². The Morgan fingerprint density at radius 1 is 1.00 bits per heavy atom. The van der Waals surface area contributed by atoms with Gasteiger partial charge in [-0.05, 0) is 0 Å². The van der Waals surface area contributed by atoms with Crippen LogP contribution in [0.1, 0.15) is 0 Å². The van der Waals surface area contributed by atoms with Crippen molar-refractivity contribution in [2.24, 2.45) is 0 Å². The second-order valence-corrected chi connectivity index (χ2v) is 0. The van der Waals surface area contributed by atoms with Gasteiger partial charge in [0.25, 0.3) is 0 Å². The van der Waals surface area contributed by atoms with Gasteiger partial charge in [-0.15, -0.1) is 0 Å². The molecule has 2 radical (unpaired) electrons. The number of hydrogen-bond donors (Lipinski definition) is 0. The minimum atomic E-state index is 0. The van der Waals surface area contributed by atoms with Crippen molar-refractivity contribution in [1.82, 2.24) is 0 Å². The first-order valence-corrected chi connectivity index (χ1v) is 0. The molecular weight excluding hydrogens is 461 g/mol. The Bertz CT molecular complexity index is 11.6. The van der Waals surface area contributed by atoms with Crippen molar-refractivity contribution in [3.8, 4) is 0 Å². The summed E-state index contributed by atoms with van der Waals surface area (Å²) in [5.41, 5.74) is 0. The van der Waals surface area contributed by atoms with E-state index in [4.69, 9.17) is 0 Å². The molecule has 0 bridgehead atoms. The molecule has 0 unspecified atom stereocenters. The molecule has 0 aliphatic heterocycles. The van der Waals surface area contributed by atoms with Gasteiger partial charge in [0, 0.05) is 27.3 Å². The van der Waals surface area contributed by atoms with E-state index in [0.29, 0.717) is 0 Å². The number of rotatable bonds is 0. The Balaban J connectivity index is 0. The molecule has 0 fully saturated rings. The molecule has 0 aliphatic carbocycles. The minimum absolute atomic E-state index is 0. The van der Waals surface area contributed by atoms with Gasteiger partial charge in [-0.3, -0.25) is 0 Å². The molecule has 28 valence electrons. The van der Waals surface area contributed by atoms with Crippen LogP contribution in [0, 0.1) is 0 Å². The van der Waals surface area contributed by atoms with Gasteiger partial charge in [-0.2, -0.15) is 0 Å². The number of hydrogen-bond acceptors (Lipinski definition) is 0. The topological polar surface area (TPSA) is 28.5 Å². The Labute approximate surface area is 132 Å². The SMILES string of the molecule is [BaH2].[CaH2].[Cu+2].[O-2].[Tl]. The van der Waals surface area contributed by atoms with Crippen molar-refractivity contribution >= 4 is 114 Å². The Hall–Kier alpha value is 4.23. The smallest absolute Gasteiger partial charge is 2.00 e. The Morgan fingerprint density at radius 2 is 1.00 bits per heavy atom. The largest absolute Gasteiger partial charge is 2.00 e. The van der Waals surface area contributed by atoms with Gasteiger partial charge >= 0.3 is 104 Å². The summed E-state index contributed by atoms with van der Waals surface area (Å²) in [5.74, 6) is 0. The van der Waals surface area contributed by atoms with Crippen molar-refractivity contribution in [2.75, 3.05) is 0 Å². The summed E-state index contributed by atoms with van der Waals surface area (Å²) in [6, 6.07) is 0. The molecule has 0 atom stereocenters. The Morgan fingerprint density at radius 3 is 1.00 bits per heavy atom. The average Bonchev–Trinajstić information content (AvgIpc) is 0. The zero-order chi connectivity index (χ0) is 0. The van der Waals surface area contributed by atoms with E-state index in [1.165, 1.54) is 0 Å². The van der Waals surface area contributed by atoms with E-state index < -0.39 is 0 Å². The van der Waals surface area contributed by atoms with Gasteiger partial charge in [-0.1, -0.05) is 0 Å². The molecular formula is H4BaCaCuOTl. The summed E-state index contributed by atoms with van der Waals surface area (Å²) in [7, 11) is 0. The van der Waals surface area contributed by atoms with Crippen LogP contribution in [0.4, 0.5) is 0 Å². The van der Waals surface area contributed by atoms with E-state index in [1.54, 1.807) is 0 Å². The maximum Gasteiger partial charge on any atom is 2.00 e. The molecule has 0 aromatic carbocycles. The third-order valence-corrected chi connectivity index (χ3v) is 0. The summed E-state index contributed by atoms with van der Waals surface area (Å²) >= 11 is 0. The second-order valence-electron chi connectivity index (χ2n) is 0. The van der Waals surface area contributed by atoms with E-state index in [2.05, 4.69) is 0 Å². The van der Waals surface area contributed by atoms with Gasteiger partial charge in [0.15, 0.2) is 0 Å². The maximum absolute atomic E-state index is 0. The van der Waals surface area contributed by atoms with Gasteiger partial charge in [-0.25, -0.2) is 0 Å². The van der Waals surface area contributed by atoms with Crippen LogP contribution in [0.25, 0.3) is 0 Å². The van der Waals surface area contributed by atoms with Crippen LogP contribution in [0.15, 0.2) is 0 Å². The molecule has 0 N–H and O–H groups in total. The molecule has 0 aromatic heterocycles. The monoisotopic (exact) mass is 466 g/mol. The third-order valence-electron chi connectivity index (χ3n) is 0. The molecule has 0 heterocycles. The summed E-state index contributed by atoms with van der Waals surface area (Å²) in [6.45, 7) is 0. The summed E-state index contributed by atoms with van der Waals surface area (Å²) < 4.78 is 0.